The molecule has 0 saturated carbocycles. The Hall–Kier alpha value is -2.70. The highest BCUT2D eigenvalue weighted by molar-refractivity contribution is 7.99. The number of terminal acetylenes is 1. The molecule has 1 unspecified atom stereocenters. The molecule has 1 atom stereocenters. The Morgan fingerprint density at radius 1 is 1.55 bits per heavy atom. The average Bonchev–Trinajstić information content (AvgIpc) is 2.56. The van der Waals surface area contributed by atoms with E-state index in [1.54, 1.807) is 30.7 Å². The number of pyridine rings is 1. The second-order valence-corrected chi connectivity index (χ2v) is 5.18. The third kappa shape index (κ3) is 3.69. The summed E-state index contributed by atoms with van der Waals surface area (Å²) in [5, 5.41) is 11.8. The largest absolute Gasteiger partial charge is 0.470 e. The van der Waals surface area contributed by atoms with E-state index in [0.29, 0.717) is 11.3 Å². The van der Waals surface area contributed by atoms with E-state index in [1.807, 2.05) is 12.1 Å². The topological polar surface area (TPSA) is 75.0 Å². The van der Waals surface area contributed by atoms with Crippen LogP contribution in [0.3, 0.4) is 0 Å². The van der Waals surface area contributed by atoms with Crippen molar-refractivity contribution in [2.75, 3.05) is 12.8 Å². The summed E-state index contributed by atoms with van der Waals surface area (Å²) in [6.07, 6.45) is 8.75. The second kappa shape index (κ2) is 7.35. The summed E-state index contributed by atoms with van der Waals surface area (Å²) >= 11 is 1.24. The predicted molar refractivity (Wildman–Crippen MR) is 86.2 cm³/mol. The van der Waals surface area contributed by atoms with Gasteiger partial charge in [0.25, 0.3) is 5.91 Å². The lowest BCUT2D eigenvalue weighted by molar-refractivity contribution is -0.124. The molecule has 5 nitrogen and oxygen atoms in total. The molecular formula is C16H13N3O2S. The molecule has 0 aliphatic heterocycles. The molecule has 0 fully saturated rings. The fourth-order valence-corrected chi connectivity index (χ4v) is 2.31. The van der Waals surface area contributed by atoms with Crippen molar-refractivity contribution in [2.45, 2.75) is 5.44 Å². The van der Waals surface area contributed by atoms with Crippen LogP contribution in [0.25, 0.3) is 10.9 Å². The molecule has 0 bridgehead atoms. The number of nitriles is 1. The summed E-state index contributed by atoms with van der Waals surface area (Å²) in [6, 6.07) is 9.01. The number of fused-ring (bicyclic) bond motifs is 1. The van der Waals surface area contributed by atoms with E-state index in [2.05, 4.69) is 16.2 Å². The van der Waals surface area contributed by atoms with E-state index >= 15 is 0 Å². The molecule has 0 aliphatic rings. The maximum atomic E-state index is 11.9. The Morgan fingerprint density at radius 2 is 2.36 bits per heavy atom. The number of ether oxygens (including phenoxy) is 1. The molecular weight excluding hydrogens is 298 g/mol. The van der Waals surface area contributed by atoms with Crippen LogP contribution in [0.15, 0.2) is 30.5 Å². The zero-order valence-electron chi connectivity index (χ0n) is 11.9. The smallest absolute Gasteiger partial charge is 0.272 e. The van der Waals surface area contributed by atoms with Crippen LogP contribution in [-0.2, 0) is 4.79 Å². The number of carbonyl (C=O) groups excluding carboxylic acids is 1. The number of nitrogens with zero attached hydrogens (tertiary/aromatic N) is 2. The molecule has 6 heteroatoms. The van der Waals surface area contributed by atoms with Crippen LogP contribution in [0.1, 0.15) is 5.56 Å². The first kappa shape index (κ1) is 15.7. The standard InChI is InChI=1S/C16H13N3O2S/c1-3-11-8-12-9-13(4-5-14(12)19-10-11)21-16(22-2)15(20)18-7-6-17/h1,4-5,8-10,16H,7H2,2H3,(H,18,20). The van der Waals surface area contributed by atoms with Gasteiger partial charge in [0.2, 0.25) is 5.44 Å². The number of rotatable bonds is 5. The van der Waals surface area contributed by atoms with Gasteiger partial charge in [-0.2, -0.15) is 5.26 Å². The summed E-state index contributed by atoms with van der Waals surface area (Å²) in [6.45, 7) is -0.0492. The number of hydrogen-bond donors (Lipinski definition) is 1. The van der Waals surface area contributed by atoms with Crippen LogP contribution < -0.4 is 10.1 Å². The third-order valence-corrected chi connectivity index (χ3v) is 3.57. The quantitative estimate of drug-likeness (QED) is 0.519. The fraction of sp³-hybridized carbons (Fsp3) is 0.188. The Bertz CT molecular complexity index is 777. The van der Waals surface area contributed by atoms with Gasteiger partial charge in [0.15, 0.2) is 0 Å². The molecule has 1 N–H and O–H groups in total. The van der Waals surface area contributed by atoms with Gasteiger partial charge in [-0.1, -0.05) is 5.92 Å². The van der Waals surface area contributed by atoms with Gasteiger partial charge in [0, 0.05) is 17.1 Å². The van der Waals surface area contributed by atoms with Gasteiger partial charge in [-0.25, -0.2) is 0 Å². The van der Waals surface area contributed by atoms with Gasteiger partial charge in [0.1, 0.15) is 12.3 Å². The number of hydrogen-bond acceptors (Lipinski definition) is 5. The van der Waals surface area contributed by atoms with Crippen LogP contribution in [0.2, 0.25) is 0 Å². The van der Waals surface area contributed by atoms with E-state index in [0.717, 1.165) is 10.9 Å². The van der Waals surface area contributed by atoms with Crippen LogP contribution in [0.4, 0.5) is 0 Å². The van der Waals surface area contributed by atoms with Crippen molar-refractivity contribution in [2.24, 2.45) is 0 Å². The highest BCUT2D eigenvalue weighted by Crippen LogP contribution is 2.23. The molecule has 0 spiro atoms. The molecule has 2 aromatic rings. The number of benzene rings is 1. The van der Waals surface area contributed by atoms with E-state index in [9.17, 15) is 4.79 Å². The first-order chi connectivity index (χ1) is 10.7. The number of amides is 1. The first-order valence-electron chi connectivity index (χ1n) is 6.38. The van der Waals surface area contributed by atoms with Crippen molar-refractivity contribution in [1.82, 2.24) is 10.3 Å². The summed E-state index contributed by atoms with van der Waals surface area (Å²) < 4.78 is 5.67. The normalized spacial score (nSPS) is 11.2. The zero-order chi connectivity index (χ0) is 15.9. The lowest BCUT2D eigenvalue weighted by atomic mass is 10.1. The minimum absolute atomic E-state index is 0.0492. The van der Waals surface area contributed by atoms with Crippen LogP contribution in [0, 0.1) is 23.7 Å². The summed E-state index contributed by atoms with van der Waals surface area (Å²) in [5.41, 5.74) is 0.744. The minimum Gasteiger partial charge on any atom is -0.470 e. The molecule has 1 amide bonds. The van der Waals surface area contributed by atoms with Gasteiger partial charge in [-0.3, -0.25) is 9.78 Å². The molecule has 110 valence electrons. The summed E-state index contributed by atoms with van der Waals surface area (Å²) in [4.78, 5) is 16.1. The minimum atomic E-state index is -0.727. The maximum Gasteiger partial charge on any atom is 0.272 e. The lowest BCUT2D eigenvalue weighted by Crippen LogP contribution is -2.36. The zero-order valence-corrected chi connectivity index (χ0v) is 12.7. The average molecular weight is 311 g/mol. The highest BCUT2D eigenvalue weighted by Gasteiger charge is 2.18. The van der Waals surface area contributed by atoms with Gasteiger partial charge >= 0.3 is 0 Å². The monoisotopic (exact) mass is 311 g/mol. The van der Waals surface area contributed by atoms with Crippen LogP contribution in [-0.4, -0.2) is 29.1 Å². The van der Waals surface area contributed by atoms with Gasteiger partial charge < -0.3 is 10.1 Å². The van der Waals surface area contributed by atoms with Gasteiger partial charge in [-0.05, 0) is 30.5 Å². The predicted octanol–water partition coefficient (Wildman–Crippen LogP) is 1.92. The number of aromatic nitrogens is 1. The summed E-state index contributed by atoms with van der Waals surface area (Å²) in [5.74, 6) is 2.72. The van der Waals surface area contributed by atoms with Gasteiger partial charge in [-0.15, -0.1) is 18.2 Å². The number of thioether (sulfide) groups is 1. The number of carbonyl (C=O) groups is 1. The van der Waals surface area contributed by atoms with E-state index in [-0.39, 0.29) is 12.5 Å². The van der Waals surface area contributed by atoms with Crippen molar-refractivity contribution in [1.29, 1.82) is 5.26 Å². The van der Waals surface area contributed by atoms with Crippen LogP contribution >= 0.6 is 11.8 Å². The highest BCUT2D eigenvalue weighted by atomic mass is 32.2. The Labute approximate surface area is 132 Å². The lowest BCUT2D eigenvalue weighted by Gasteiger charge is -2.16. The summed E-state index contributed by atoms with van der Waals surface area (Å²) in [7, 11) is 0. The molecule has 1 aromatic heterocycles. The van der Waals surface area contributed by atoms with E-state index < -0.39 is 5.44 Å². The molecule has 0 saturated heterocycles. The molecule has 22 heavy (non-hydrogen) atoms. The molecule has 1 aromatic carbocycles. The third-order valence-electron chi connectivity index (χ3n) is 2.83. The van der Waals surface area contributed by atoms with Crippen molar-refractivity contribution >= 4 is 28.6 Å². The van der Waals surface area contributed by atoms with Gasteiger partial charge in [0.05, 0.1) is 11.6 Å². The number of nitrogens with one attached hydrogen (secondary N) is 1. The van der Waals surface area contributed by atoms with Crippen molar-refractivity contribution < 1.29 is 9.53 Å². The van der Waals surface area contributed by atoms with Crippen LogP contribution in [0.5, 0.6) is 5.75 Å². The van der Waals surface area contributed by atoms with Crippen molar-refractivity contribution in [3.63, 3.8) is 0 Å². The Balaban J connectivity index is 2.21. The van der Waals surface area contributed by atoms with E-state index in [1.165, 1.54) is 11.8 Å². The maximum absolute atomic E-state index is 11.9. The molecule has 0 aliphatic carbocycles. The molecule has 2 rings (SSSR count). The van der Waals surface area contributed by atoms with E-state index in [4.69, 9.17) is 16.4 Å². The Kier molecular flexibility index (Phi) is 5.24. The first-order valence-corrected chi connectivity index (χ1v) is 7.67. The Morgan fingerprint density at radius 3 is 3.05 bits per heavy atom. The second-order valence-electron chi connectivity index (χ2n) is 4.28. The molecule has 1 heterocycles. The van der Waals surface area contributed by atoms with Crippen molar-refractivity contribution in [3.05, 3.63) is 36.0 Å². The van der Waals surface area contributed by atoms with Crippen molar-refractivity contribution in [3.8, 4) is 24.2 Å². The fourth-order valence-electron chi connectivity index (χ4n) is 1.80. The molecule has 0 radical (unpaired) electrons. The SMILES string of the molecule is C#Cc1cnc2ccc(OC(SC)C(=O)NCC#N)cc2c1.